The van der Waals surface area contributed by atoms with Crippen LogP contribution in [0.3, 0.4) is 0 Å². The Bertz CT molecular complexity index is 830. The molecule has 0 aliphatic carbocycles. The number of hydrogen-bond donors (Lipinski definition) is 1. The highest BCUT2D eigenvalue weighted by molar-refractivity contribution is 5.93. The topological polar surface area (TPSA) is 80.0 Å². The van der Waals surface area contributed by atoms with Crippen molar-refractivity contribution in [3.8, 4) is 11.5 Å². The number of rotatable bonds is 6. The number of H-pyrrole nitrogens is 1. The first kappa shape index (κ1) is 16.0. The first-order valence-corrected chi connectivity index (χ1v) is 7.96. The van der Waals surface area contributed by atoms with E-state index < -0.39 is 0 Å². The van der Waals surface area contributed by atoms with Gasteiger partial charge < -0.3 is 13.9 Å². The summed E-state index contributed by atoms with van der Waals surface area (Å²) in [6.45, 7) is 5.02. The van der Waals surface area contributed by atoms with Crippen LogP contribution in [0.5, 0.6) is 0 Å². The number of furan rings is 1. The van der Waals surface area contributed by atoms with Crippen molar-refractivity contribution in [3.63, 3.8) is 0 Å². The number of carbonyl (C=O) groups excluding carboxylic acids is 1. The molecule has 0 unspecified atom stereocenters. The van der Waals surface area contributed by atoms with Gasteiger partial charge in [-0.2, -0.15) is 5.10 Å². The van der Waals surface area contributed by atoms with E-state index in [1.807, 2.05) is 43.8 Å². The van der Waals surface area contributed by atoms with Gasteiger partial charge in [0, 0.05) is 32.1 Å². The van der Waals surface area contributed by atoms with Gasteiger partial charge in [0.25, 0.3) is 5.91 Å². The van der Waals surface area contributed by atoms with Crippen molar-refractivity contribution in [3.05, 3.63) is 47.9 Å². The van der Waals surface area contributed by atoms with Crippen LogP contribution in [0, 0.1) is 6.92 Å². The Morgan fingerprint density at radius 3 is 2.88 bits per heavy atom. The molecule has 0 fully saturated rings. The lowest BCUT2D eigenvalue weighted by atomic mass is 10.2. The van der Waals surface area contributed by atoms with E-state index in [0.29, 0.717) is 30.2 Å². The van der Waals surface area contributed by atoms with Crippen LogP contribution in [0.2, 0.25) is 0 Å². The van der Waals surface area contributed by atoms with E-state index in [0.717, 1.165) is 18.0 Å². The molecule has 0 saturated heterocycles. The molecule has 1 N–H and O–H groups in total. The summed E-state index contributed by atoms with van der Waals surface area (Å²) in [5.74, 6) is 2.21. The number of carbonyl (C=O) groups is 1. The van der Waals surface area contributed by atoms with E-state index in [-0.39, 0.29) is 5.91 Å². The predicted molar refractivity (Wildman–Crippen MR) is 89.3 cm³/mol. The Labute approximate surface area is 140 Å². The maximum atomic E-state index is 12.8. The van der Waals surface area contributed by atoms with Gasteiger partial charge in [-0.1, -0.05) is 6.92 Å². The molecule has 0 aliphatic rings. The number of amides is 1. The second-order valence-electron chi connectivity index (χ2n) is 5.76. The highest BCUT2D eigenvalue weighted by Gasteiger charge is 2.20. The minimum atomic E-state index is -0.120. The van der Waals surface area contributed by atoms with Gasteiger partial charge in [-0.15, -0.1) is 0 Å². The summed E-state index contributed by atoms with van der Waals surface area (Å²) in [5.41, 5.74) is 1.07. The van der Waals surface area contributed by atoms with Crippen LogP contribution < -0.4 is 0 Å². The molecule has 3 aromatic rings. The molecule has 7 nitrogen and oxygen atoms in total. The van der Waals surface area contributed by atoms with Crippen LogP contribution in [0.4, 0.5) is 0 Å². The molecule has 3 rings (SSSR count). The third kappa shape index (κ3) is 3.24. The zero-order valence-corrected chi connectivity index (χ0v) is 14.1. The summed E-state index contributed by atoms with van der Waals surface area (Å²) in [4.78, 5) is 18.9. The molecule has 0 aliphatic heterocycles. The van der Waals surface area contributed by atoms with Crippen LogP contribution in [-0.4, -0.2) is 37.1 Å². The van der Waals surface area contributed by atoms with Crippen molar-refractivity contribution >= 4 is 5.91 Å². The minimum absolute atomic E-state index is 0.120. The number of nitrogens with one attached hydrogen (secondary N) is 1. The number of aryl methyl sites for hydroxylation is 2. The standard InChI is InChI=1S/C17H21N5O2/c1-4-8-22(11-16-18-7-9-21(16)3)17(23)14-10-13(19-20-14)15-6-5-12(2)24-15/h5-7,9-10H,4,8,11H2,1-3H3,(H,19,20). The van der Waals surface area contributed by atoms with Gasteiger partial charge in [0.1, 0.15) is 17.3 Å². The lowest BCUT2D eigenvalue weighted by molar-refractivity contribution is 0.0731. The summed E-state index contributed by atoms with van der Waals surface area (Å²) in [6, 6.07) is 5.46. The Hall–Kier alpha value is -2.83. The maximum Gasteiger partial charge on any atom is 0.274 e. The molecule has 0 radical (unpaired) electrons. The average molecular weight is 327 g/mol. The number of hydrogen-bond acceptors (Lipinski definition) is 4. The van der Waals surface area contributed by atoms with Gasteiger partial charge in [-0.05, 0) is 25.5 Å². The van der Waals surface area contributed by atoms with E-state index in [2.05, 4.69) is 15.2 Å². The van der Waals surface area contributed by atoms with Crippen LogP contribution in [0.25, 0.3) is 11.5 Å². The SMILES string of the molecule is CCCN(Cc1nccn1C)C(=O)c1cc(-c2ccc(C)o2)[nH]n1. The highest BCUT2D eigenvalue weighted by Crippen LogP contribution is 2.21. The van der Waals surface area contributed by atoms with Crippen molar-refractivity contribution in [2.24, 2.45) is 7.05 Å². The molecule has 0 aromatic carbocycles. The van der Waals surface area contributed by atoms with Gasteiger partial charge in [0.2, 0.25) is 0 Å². The smallest absolute Gasteiger partial charge is 0.274 e. The normalized spacial score (nSPS) is 11.0. The molecule has 1 amide bonds. The molecular formula is C17H21N5O2. The first-order valence-electron chi connectivity index (χ1n) is 7.96. The maximum absolute atomic E-state index is 12.8. The van der Waals surface area contributed by atoms with Crippen LogP contribution in [-0.2, 0) is 13.6 Å². The average Bonchev–Trinajstić information content (AvgIpc) is 3.28. The minimum Gasteiger partial charge on any atom is -0.460 e. The number of nitrogens with zero attached hydrogens (tertiary/aromatic N) is 4. The van der Waals surface area contributed by atoms with Crippen molar-refractivity contribution < 1.29 is 9.21 Å². The Kier molecular flexibility index (Phi) is 4.50. The molecule has 0 bridgehead atoms. The molecule has 0 saturated carbocycles. The first-order chi connectivity index (χ1) is 11.6. The fourth-order valence-corrected chi connectivity index (χ4v) is 2.54. The zero-order valence-electron chi connectivity index (χ0n) is 14.1. The third-order valence-electron chi connectivity index (χ3n) is 3.84. The van der Waals surface area contributed by atoms with Gasteiger partial charge in [-0.3, -0.25) is 9.89 Å². The lowest BCUT2D eigenvalue weighted by Gasteiger charge is -2.20. The van der Waals surface area contributed by atoms with E-state index in [1.165, 1.54) is 0 Å². The second kappa shape index (κ2) is 6.74. The molecule has 0 spiro atoms. The highest BCUT2D eigenvalue weighted by atomic mass is 16.3. The molecule has 0 atom stereocenters. The Morgan fingerprint density at radius 2 is 2.25 bits per heavy atom. The fraction of sp³-hybridized carbons (Fsp3) is 0.353. The zero-order chi connectivity index (χ0) is 17.1. The molecule has 3 aromatic heterocycles. The Morgan fingerprint density at radius 1 is 1.42 bits per heavy atom. The summed E-state index contributed by atoms with van der Waals surface area (Å²) < 4.78 is 7.48. The van der Waals surface area contributed by atoms with E-state index in [1.54, 1.807) is 17.2 Å². The van der Waals surface area contributed by atoms with E-state index >= 15 is 0 Å². The molecular weight excluding hydrogens is 306 g/mol. The largest absolute Gasteiger partial charge is 0.460 e. The van der Waals surface area contributed by atoms with Crippen molar-refractivity contribution in [1.29, 1.82) is 0 Å². The van der Waals surface area contributed by atoms with Gasteiger partial charge in [0.05, 0.1) is 6.54 Å². The summed E-state index contributed by atoms with van der Waals surface area (Å²) in [7, 11) is 1.92. The van der Waals surface area contributed by atoms with Crippen molar-refractivity contribution in [2.75, 3.05) is 6.54 Å². The monoisotopic (exact) mass is 327 g/mol. The third-order valence-corrected chi connectivity index (χ3v) is 3.84. The molecule has 126 valence electrons. The number of aromatic nitrogens is 4. The molecule has 3 heterocycles. The fourth-order valence-electron chi connectivity index (χ4n) is 2.54. The Balaban J connectivity index is 1.80. The summed E-state index contributed by atoms with van der Waals surface area (Å²) >= 11 is 0. The van der Waals surface area contributed by atoms with Gasteiger partial charge >= 0.3 is 0 Å². The summed E-state index contributed by atoms with van der Waals surface area (Å²) in [6.07, 6.45) is 4.47. The molecule has 7 heteroatoms. The molecule has 24 heavy (non-hydrogen) atoms. The van der Waals surface area contributed by atoms with Crippen molar-refractivity contribution in [2.45, 2.75) is 26.8 Å². The van der Waals surface area contributed by atoms with E-state index in [4.69, 9.17) is 4.42 Å². The van der Waals surface area contributed by atoms with E-state index in [9.17, 15) is 4.79 Å². The lowest BCUT2D eigenvalue weighted by Crippen LogP contribution is -2.32. The summed E-state index contributed by atoms with van der Waals surface area (Å²) in [5, 5.41) is 7.02. The van der Waals surface area contributed by atoms with Gasteiger partial charge in [0.15, 0.2) is 11.5 Å². The van der Waals surface area contributed by atoms with Crippen LogP contribution >= 0.6 is 0 Å². The number of imidazole rings is 1. The number of aromatic amines is 1. The second-order valence-corrected chi connectivity index (χ2v) is 5.76. The van der Waals surface area contributed by atoms with Crippen LogP contribution in [0.15, 0.2) is 35.0 Å². The van der Waals surface area contributed by atoms with Crippen molar-refractivity contribution in [1.82, 2.24) is 24.6 Å². The predicted octanol–water partition coefficient (Wildman–Crippen LogP) is 2.76. The quantitative estimate of drug-likeness (QED) is 0.755. The van der Waals surface area contributed by atoms with Crippen LogP contribution in [0.1, 0.15) is 35.4 Å². The van der Waals surface area contributed by atoms with Gasteiger partial charge in [-0.25, -0.2) is 4.98 Å².